The van der Waals surface area contributed by atoms with Crippen LogP contribution in [0.25, 0.3) is 0 Å². The van der Waals surface area contributed by atoms with Crippen LogP contribution >= 0.6 is 11.8 Å². The molecule has 10 heavy (non-hydrogen) atoms. The van der Waals surface area contributed by atoms with E-state index < -0.39 is 0 Å². The summed E-state index contributed by atoms with van der Waals surface area (Å²) in [5, 5.41) is 1.84. The van der Waals surface area contributed by atoms with E-state index in [0.717, 1.165) is 0 Å². The Morgan fingerprint density at radius 3 is 2.90 bits per heavy atom. The number of nitrogens with two attached hydrogens (primary N) is 2. The van der Waals surface area contributed by atoms with Crippen LogP contribution in [0.4, 0.5) is 0 Å². The molecule has 0 radical (unpaired) electrons. The Kier molecular flexibility index (Phi) is 2.18. The number of hydrogen-bond donors (Lipinski definition) is 2. The van der Waals surface area contributed by atoms with E-state index in [1.807, 2.05) is 5.41 Å². The lowest BCUT2D eigenvalue weighted by Gasteiger charge is -2.18. The Hall–Kier alpha value is -0.680. The number of nitrogens with zero attached hydrogens (tertiary/aromatic N) is 1. The highest BCUT2D eigenvalue weighted by Gasteiger charge is 2.15. The molecule has 0 aliphatic carbocycles. The van der Waals surface area contributed by atoms with Crippen molar-refractivity contribution in [2.45, 2.75) is 5.50 Å². The number of carbonyl (C=O) groups is 1. The third-order valence-corrected chi connectivity index (χ3v) is 1.96. The minimum Gasteiger partial charge on any atom is -0.368 e. The molecule has 0 saturated carbocycles. The van der Waals surface area contributed by atoms with Gasteiger partial charge in [-0.25, -0.2) is 0 Å². The molecule has 0 fully saturated rings. The maximum atomic E-state index is 10.4. The predicted molar refractivity (Wildman–Crippen MR) is 40.6 cm³/mol. The van der Waals surface area contributed by atoms with Gasteiger partial charge in [0.1, 0.15) is 5.50 Å². The summed E-state index contributed by atoms with van der Waals surface area (Å²) in [6, 6.07) is 0. The van der Waals surface area contributed by atoms with Gasteiger partial charge in [-0.15, -0.1) is 0 Å². The lowest BCUT2D eigenvalue weighted by molar-refractivity contribution is -0.118. The first kappa shape index (κ1) is 7.43. The Morgan fingerprint density at radius 1 is 1.80 bits per heavy atom. The van der Waals surface area contributed by atoms with E-state index in [4.69, 9.17) is 11.5 Å². The summed E-state index contributed by atoms with van der Waals surface area (Å²) in [5.74, 6) is -0.359. The van der Waals surface area contributed by atoms with Crippen LogP contribution in [0.3, 0.4) is 0 Å². The zero-order chi connectivity index (χ0) is 7.56. The van der Waals surface area contributed by atoms with Gasteiger partial charge in [-0.1, -0.05) is 11.8 Å². The Morgan fingerprint density at radius 2 is 2.50 bits per heavy atom. The Bertz CT molecular complexity index is 170. The highest BCUT2D eigenvalue weighted by Crippen LogP contribution is 2.19. The van der Waals surface area contributed by atoms with Gasteiger partial charge in [-0.2, -0.15) is 0 Å². The van der Waals surface area contributed by atoms with Crippen molar-refractivity contribution in [1.29, 1.82) is 0 Å². The molecule has 1 unspecified atom stereocenters. The molecule has 1 rings (SSSR count). The molecule has 0 saturated heterocycles. The molecule has 1 aliphatic heterocycles. The second kappa shape index (κ2) is 2.94. The molecule has 5 heteroatoms. The molecule has 4 N–H and O–H groups in total. The maximum Gasteiger partial charge on any atom is 0.237 e. The van der Waals surface area contributed by atoms with Gasteiger partial charge in [0.15, 0.2) is 0 Å². The van der Waals surface area contributed by atoms with Gasteiger partial charge in [0, 0.05) is 6.20 Å². The summed E-state index contributed by atoms with van der Waals surface area (Å²) in [5.41, 5.74) is 10.4. The largest absolute Gasteiger partial charge is 0.368 e. The summed E-state index contributed by atoms with van der Waals surface area (Å²) in [7, 11) is 0. The zero-order valence-corrected chi connectivity index (χ0v) is 6.17. The first-order valence-electron chi connectivity index (χ1n) is 2.82. The van der Waals surface area contributed by atoms with Crippen molar-refractivity contribution in [3.63, 3.8) is 0 Å². The van der Waals surface area contributed by atoms with E-state index in [9.17, 15) is 4.79 Å². The third kappa shape index (κ3) is 1.65. The van der Waals surface area contributed by atoms with Crippen LogP contribution in [-0.4, -0.2) is 22.8 Å². The molecule has 4 nitrogen and oxygen atoms in total. The van der Waals surface area contributed by atoms with E-state index in [1.165, 1.54) is 11.8 Å². The summed E-state index contributed by atoms with van der Waals surface area (Å²) in [6.45, 7) is 0.199. The molecular weight excluding hydrogens is 150 g/mol. The Labute approximate surface area is 63.2 Å². The maximum absolute atomic E-state index is 10.4. The topological polar surface area (TPSA) is 72.4 Å². The predicted octanol–water partition coefficient (Wildman–Crippen LogP) is -0.766. The summed E-state index contributed by atoms with van der Waals surface area (Å²) < 4.78 is 0. The minimum absolute atomic E-state index is 0.146. The van der Waals surface area contributed by atoms with Crippen molar-refractivity contribution < 1.29 is 4.79 Å². The van der Waals surface area contributed by atoms with Crippen LogP contribution in [0.15, 0.2) is 11.6 Å². The van der Waals surface area contributed by atoms with E-state index >= 15 is 0 Å². The lowest BCUT2D eigenvalue weighted by atomic mass is 10.5. The second-order valence-electron chi connectivity index (χ2n) is 1.95. The SMILES string of the molecule is NC(=O)CN1C=CSC1N. The quantitative estimate of drug-likeness (QED) is 0.555. The molecule has 0 aromatic carbocycles. The standard InChI is InChI=1S/C5H9N3OS/c6-4(9)3-8-1-2-10-5(8)7/h1-2,5H,3,7H2,(H2,6,9). The van der Waals surface area contributed by atoms with Crippen LogP contribution in [0.5, 0.6) is 0 Å². The normalized spacial score (nSPS) is 23.7. The van der Waals surface area contributed by atoms with Gasteiger partial charge in [-0.3, -0.25) is 4.79 Å². The van der Waals surface area contributed by atoms with Crippen molar-refractivity contribution in [2.24, 2.45) is 11.5 Å². The molecule has 0 spiro atoms. The molecule has 0 bridgehead atoms. The number of amides is 1. The van der Waals surface area contributed by atoms with Gasteiger partial charge in [0.2, 0.25) is 5.91 Å². The fourth-order valence-electron chi connectivity index (χ4n) is 0.679. The van der Waals surface area contributed by atoms with Crippen LogP contribution in [0.1, 0.15) is 0 Å². The van der Waals surface area contributed by atoms with E-state index in [1.54, 1.807) is 11.1 Å². The molecular formula is C5H9N3OS. The van der Waals surface area contributed by atoms with Gasteiger partial charge in [-0.05, 0) is 5.41 Å². The van der Waals surface area contributed by atoms with Gasteiger partial charge in [0.05, 0.1) is 6.54 Å². The monoisotopic (exact) mass is 159 g/mol. The van der Waals surface area contributed by atoms with Gasteiger partial charge in [0.25, 0.3) is 0 Å². The number of hydrogen-bond acceptors (Lipinski definition) is 4. The molecule has 0 aromatic heterocycles. The van der Waals surface area contributed by atoms with Crippen molar-refractivity contribution in [1.82, 2.24) is 4.90 Å². The van der Waals surface area contributed by atoms with Crippen LogP contribution in [0.2, 0.25) is 0 Å². The Balaban J connectivity index is 2.40. The van der Waals surface area contributed by atoms with Crippen LogP contribution < -0.4 is 11.5 Å². The van der Waals surface area contributed by atoms with E-state index in [2.05, 4.69) is 0 Å². The first-order valence-corrected chi connectivity index (χ1v) is 3.76. The molecule has 0 aromatic rings. The van der Waals surface area contributed by atoms with Crippen molar-refractivity contribution in [3.05, 3.63) is 11.6 Å². The number of thioether (sulfide) groups is 1. The summed E-state index contributed by atoms with van der Waals surface area (Å²) >= 11 is 1.46. The number of primary amides is 1. The summed E-state index contributed by atoms with van der Waals surface area (Å²) in [6.07, 6.45) is 1.76. The molecule has 1 heterocycles. The fraction of sp³-hybridized carbons (Fsp3) is 0.400. The van der Waals surface area contributed by atoms with Crippen LogP contribution in [-0.2, 0) is 4.79 Å². The molecule has 1 aliphatic rings. The van der Waals surface area contributed by atoms with Gasteiger partial charge < -0.3 is 16.4 Å². The van der Waals surface area contributed by atoms with Gasteiger partial charge >= 0.3 is 0 Å². The average Bonchev–Trinajstić information content (AvgIpc) is 2.15. The average molecular weight is 159 g/mol. The zero-order valence-electron chi connectivity index (χ0n) is 5.36. The fourth-order valence-corrected chi connectivity index (χ4v) is 1.37. The van der Waals surface area contributed by atoms with E-state index in [0.29, 0.717) is 0 Å². The highest BCUT2D eigenvalue weighted by molar-refractivity contribution is 8.02. The van der Waals surface area contributed by atoms with Crippen LogP contribution in [0, 0.1) is 0 Å². The second-order valence-corrected chi connectivity index (χ2v) is 2.98. The summed E-state index contributed by atoms with van der Waals surface area (Å²) in [4.78, 5) is 12.1. The highest BCUT2D eigenvalue weighted by atomic mass is 32.2. The molecule has 56 valence electrons. The number of carbonyl (C=O) groups excluding carboxylic acids is 1. The minimum atomic E-state index is -0.359. The molecule has 1 amide bonds. The van der Waals surface area contributed by atoms with Crippen molar-refractivity contribution >= 4 is 17.7 Å². The third-order valence-electron chi connectivity index (χ3n) is 1.14. The van der Waals surface area contributed by atoms with Crippen molar-refractivity contribution in [2.75, 3.05) is 6.54 Å². The molecule has 1 atom stereocenters. The van der Waals surface area contributed by atoms with Crippen molar-refractivity contribution in [3.8, 4) is 0 Å². The lowest BCUT2D eigenvalue weighted by Crippen LogP contribution is -2.38. The first-order chi connectivity index (χ1) is 4.70. The number of rotatable bonds is 2. The smallest absolute Gasteiger partial charge is 0.237 e. The van der Waals surface area contributed by atoms with E-state index in [-0.39, 0.29) is 17.9 Å².